The Hall–Kier alpha value is -2.69. The van der Waals surface area contributed by atoms with Crippen LogP contribution >= 0.6 is 11.3 Å². The fraction of sp³-hybridized carbons (Fsp3) is 0.318. The summed E-state index contributed by atoms with van der Waals surface area (Å²) >= 11 is 1.16. The number of piperidine rings is 1. The molecule has 1 N–H and O–H groups in total. The molecule has 0 atom stereocenters. The Balaban J connectivity index is 1.41. The Bertz CT molecular complexity index is 1230. The summed E-state index contributed by atoms with van der Waals surface area (Å²) in [4.78, 5) is 12.7. The number of nitrogens with one attached hydrogen (secondary N) is 1. The van der Waals surface area contributed by atoms with Crippen LogP contribution in [0.4, 0.5) is 10.1 Å². The topological polar surface area (TPSA) is 92.3 Å². The van der Waals surface area contributed by atoms with E-state index in [1.165, 1.54) is 16.4 Å². The highest BCUT2D eigenvalue weighted by atomic mass is 32.2. The van der Waals surface area contributed by atoms with Crippen molar-refractivity contribution in [2.24, 2.45) is 0 Å². The lowest BCUT2D eigenvalue weighted by Gasteiger charge is -2.30. The minimum absolute atomic E-state index is 0.0215. The van der Waals surface area contributed by atoms with Crippen LogP contribution in [0.3, 0.4) is 0 Å². The molecule has 3 aromatic rings. The third-order valence-electron chi connectivity index (χ3n) is 5.39. The van der Waals surface area contributed by atoms with Crippen LogP contribution in [0, 0.1) is 19.7 Å². The normalized spacial score (nSPS) is 15.6. The Morgan fingerprint density at radius 1 is 1.09 bits per heavy atom. The van der Waals surface area contributed by atoms with E-state index >= 15 is 0 Å². The maximum atomic E-state index is 13.8. The Labute approximate surface area is 190 Å². The lowest BCUT2D eigenvalue weighted by Crippen LogP contribution is -2.37. The molecule has 0 radical (unpaired) electrons. The molecular formula is C22H23FN4O3S2. The molecule has 7 nitrogen and oxygen atoms in total. The molecule has 1 saturated heterocycles. The van der Waals surface area contributed by atoms with Crippen molar-refractivity contribution in [3.8, 4) is 0 Å². The summed E-state index contributed by atoms with van der Waals surface area (Å²) in [6.07, 6.45) is 1.18. The number of hydrogen-bond donors (Lipinski definition) is 1. The molecule has 32 heavy (non-hydrogen) atoms. The first-order valence-electron chi connectivity index (χ1n) is 10.2. The summed E-state index contributed by atoms with van der Waals surface area (Å²) < 4.78 is 41.4. The molecule has 168 valence electrons. The first-order valence-corrected chi connectivity index (χ1v) is 12.5. The van der Waals surface area contributed by atoms with Gasteiger partial charge in [0.1, 0.15) is 10.8 Å². The second-order valence-corrected chi connectivity index (χ2v) is 10.8. The molecule has 0 saturated carbocycles. The van der Waals surface area contributed by atoms with Crippen molar-refractivity contribution in [1.82, 2.24) is 14.5 Å². The first-order chi connectivity index (χ1) is 15.2. The van der Waals surface area contributed by atoms with E-state index < -0.39 is 21.7 Å². The van der Waals surface area contributed by atoms with Gasteiger partial charge in [-0.1, -0.05) is 29.5 Å². The zero-order valence-electron chi connectivity index (χ0n) is 17.7. The van der Waals surface area contributed by atoms with Gasteiger partial charge in [-0.05, 0) is 62.1 Å². The number of carbonyl (C=O) groups is 1. The van der Waals surface area contributed by atoms with E-state index in [2.05, 4.69) is 15.5 Å². The first kappa shape index (κ1) is 22.5. The third-order valence-corrected chi connectivity index (χ3v) is 8.35. The zero-order chi connectivity index (χ0) is 22.9. The standard InChI is InChI=1S/C22H23FN4O3S2/c1-14-11-15(2)13-17(12-14)32(29,30)27-9-7-16(8-10-27)21-25-26-22(31-21)20(28)24-19-6-4-3-5-18(19)23/h3-6,11-13,16H,7-10H2,1-2H3,(H,24,28). The van der Waals surface area contributed by atoms with E-state index in [0.29, 0.717) is 35.8 Å². The Kier molecular flexibility index (Phi) is 6.36. The van der Waals surface area contributed by atoms with Gasteiger partial charge in [0, 0.05) is 19.0 Å². The van der Waals surface area contributed by atoms with E-state index in [1.807, 2.05) is 19.9 Å². The quantitative estimate of drug-likeness (QED) is 0.601. The van der Waals surface area contributed by atoms with Gasteiger partial charge in [0.2, 0.25) is 15.0 Å². The van der Waals surface area contributed by atoms with Crippen LogP contribution in [0.2, 0.25) is 0 Å². The second kappa shape index (κ2) is 9.05. The molecule has 0 unspecified atom stereocenters. The Morgan fingerprint density at radius 3 is 2.41 bits per heavy atom. The number of hydrogen-bond acceptors (Lipinski definition) is 6. The van der Waals surface area contributed by atoms with Gasteiger partial charge in [0.15, 0.2) is 0 Å². The van der Waals surface area contributed by atoms with Crippen molar-refractivity contribution in [3.05, 3.63) is 69.4 Å². The highest BCUT2D eigenvalue weighted by Crippen LogP contribution is 2.33. The van der Waals surface area contributed by atoms with E-state index in [-0.39, 0.29) is 16.6 Å². The van der Waals surface area contributed by atoms with Crippen LogP contribution in [0.25, 0.3) is 0 Å². The molecule has 0 spiro atoms. The monoisotopic (exact) mass is 474 g/mol. The van der Waals surface area contributed by atoms with E-state index in [9.17, 15) is 17.6 Å². The van der Waals surface area contributed by atoms with E-state index in [0.717, 1.165) is 22.5 Å². The number of amides is 1. The number of halogens is 1. The van der Waals surface area contributed by atoms with Crippen LogP contribution in [0.1, 0.15) is 44.7 Å². The third kappa shape index (κ3) is 4.72. The SMILES string of the molecule is Cc1cc(C)cc(S(=O)(=O)N2CCC(c3nnc(C(=O)Nc4ccccc4F)s3)CC2)c1. The molecule has 1 amide bonds. The number of nitrogens with zero attached hydrogens (tertiary/aromatic N) is 3. The van der Waals surface area contributed by atoms with E-state index in [1.54, 1.807) is 24.3 Å². The van der Waals surface area contributed by atoms with Gasteiger partial charge in [0.05, 0.1) is 10.6 Å². The molecule has 1 fully saturated rings. The molecular weight excluding hydrogens is 451 g/mol. The summed E-state index contributed by atoms with van der Waals surface area (Å²) in [5.41, 5.74) is 1.90. The highest BCUT2D eigenvalue weighted by Gasteiger charge is 2.32. The van der Waals surface area contributed by atoms with Crippen molar-refractivity contribution < 1.29 is 17.6 Å². The van der Waals surface area contributed by atoms with Crippen LogP contribution in [-0.4, -0.2) is 41.9 Å². The van der Waals surface area contributed by atoms with Crippen LogP contribution in [-0.2, 0) is 10.0 Å². The van der Waals surface area contributed by atoms with Crippen molar-refractivity contribution in [2.75, 3.05) is 18.4 Å². The predicted molar refractivity (Wildman–Crippen MR) is 121 cm³/mol. The zero-order valence-corrected chi connectivity index (χ0v) is 19.3. The molecule has 4 rings (SSSR count). The van der Waals surface area contributed by atoms with Gasteiger partial charge in [-0.25, -0.2) is 12.8 Å². The van der Waals surface area contributed by atoms with Gasteiger partial charge < -0.3 is 5.32 Å². The number of rotatable bonds is 5. The summed E-state index contributed by atoms with van der Waals surface area (Å²) in [5.74, 6) is -1.02. The molecule has 1 aromatic heterocycles. The number of benzene rings is 2. The smallest absolute Gasteiger partial charge is 0.286 e. The van der Waals surface area contributed by atoms with Crippen LogP contribution < -0.4 is 5.32 Å². The fourth-order valence-corrected chi connectivity index (χ4v) is 6.37. The largest absolute Gasteiger partial charge is 0.317 e. The number of sulfonamides is 1. The van der Waals surface area contributed by atoms with Crippen LogP contribution in [0.15, 0.2) is 47.4 Å². The van der Waals surface area contributed by atoms with Gasteiger partial charge in [0.25, 0.3) is 5.91 Å². The van der Waals surface area contributed by atoms with Crippen molar-refractivity contribution in [3.63, 3.8) is 0 Å². The average Bonchev–Trinajstić information content (AvgIpc) is 3.25. The van der Waals surface area contributed by atoms with Gasteiger partial charge in [-0.2, -0.15) is 4.31 Å². The minimum Gasteiger partial charge on any atom is -0.317 e. The number of aryl methyl sites for hydroxylation is 2. The minimum atomic E-state index is -3.56. The average molecular weight is 475 g/mol. The molecule has 1 aliphatic heterocycles. The molecule has 0 bridgehead atoms. The highest BCUT2D eigenvalue weighted by molar-refractivity contribution is 7.89. The van der Waals surface area contributed by atoms with E-state index in [4.69, 9.17) is 0 Å². The summed E-state index contributed by atoms with van der Waals surface area (Å²) in [6.45, 7) is 4.51. The number of para-hydroxylation sites is 1. The van der Waals surface area contributed by atoms with Crippen molar-refractivity contribution in [2.45, 2.75) is 37.5 Å². The Morgan fingerprint density at radius 2 is 1.75 bits per heavy atom. The maximum absolute atomic E-state index is 13.8. The lowest BCUT2D eigenvalue weighted by molar-refractivity contribution is 0.102. The summed E-state index contributed by atoms with van der Waals surface area (Å²) in [7, 11) is -3.56. The lowest BCUT2D eigenvalue weighted by atomic mass is 9.99. The maximum Gasteiger partial charge on any atom is 0.286 e. The summed E-state index contributed by atoms with van der Waals surface area (Å²) in [6, 6.07) is 11.2. The predicted octanol–water partition coefficient (Wildman–Crippen LogP) is 4.11. The molecule has 2 heterocycles. The molecule has 0 aliphatic carbocycles. The number of anilines is 1. The molecule has 1 aliphatic rings. The molecule has 10 heteroatoms. The van der Waals surface area contributed by atoms with Crippen LogP contribution in [0.5, 0.6) is 0 Å². The second-order valence-electron chi connectivity index (χ2n) is 7.88. The van der Waals surface area contributed by atoms with Gasteiger partial charge in [-0.15, -0.1) is 10.2 Å². The van der Waals surface area contributed by atoms with Crippen molar-refractivity contribution >= 4 is 33.0 Å². The van der Waals surface area contributed by atoms with Gasteiger partial charge >= 0.3 is 0 Å². The van der Waals surface area contributed by atoms with Gasteiger partial charge in [-0.3, -0.25) is 4.79 Å². The van der Waals surface area contributed by atoms with Crippen molar-refractivity contribution in [1.29, 1.82) is 0 Å². The number of carbonyl (C=O) groups excluding carboxylic acids is 1. The fourth-order valence-electron chi connectivity index (χ4n) is 3.80. The summed E-state index contributed by atoms with van der Waals surface area (Å²) in [5, 5.41) is 11.4. The number of aromatic nitrogens is 2. The molecule has 2 aromatic carbocycles.